The van der Waals surface area contributed by atoms with E-state index in [4.69, 9.17) is 14.9 Å². The van der Waals surface area contributed by atoms with E-state index in [2.05, 4.69) is 16.8 Å². The number of aromatic nitrogens is 1. The van der Waals surface area contributed by atoms with Gasteiger partial charge in [-0.1, -0.05) is 23.6 Å². The average molecular weight is 302 g/mol. The molecule has 0 aliphatic rings. The molecule has 0 radical (unpaired) electrons. The molecule has 0 saturated heterocycles. The fraction of sp³-hybridized carbons (Fsp3) is 0.312. The van der Waals surface area contributed by atoms with Crippen molar-refractivity contribution < 1.29 is 9.15 Å². The molecule has 0 aliphatic heterocycles. The molecule has 0 unspecified atom stereocenters. The first-order valence-corrected chi connectivity index (χ1v) is 7.55. The van der Waals surface area contributed by atoms with Gasteiger partial charge >= 0.3 is 0 Å². The number of aryl methyl sites for hydroxylation is 2. The molecule has 0 bridgehead atoms. The summed E-state index contributed by atoms with van der Waals surface area (Å²) in [5, 5.41) is 0.672. The molecule has 2 N–H and O–H groups in total. The van der Waals surface area contributed by atoms with Crippen molar-refractivity contribution in [3.63, 3.8) is 0 Å². The summed E-state index contributed by atoms with van der Waals surface area (Å²) in [7, 11) is 1.65. The molecular formula is C16H18N2O2S. The van der Waals surface area contributed by atoms with Crippen LogP contribution in [0.2, 0.25) is 0 Å². The van der Waals surface area contributed by atoms with Gasteiger partial charge in [0.1, 0.15) is 11.5 Å². The van der Waals surface area contributed by atoms with E-state index in [1.54, 1.807) is 18.9 Å². The molecule has 110 valence electrons. The van der Waals surface area contributed by atoms with Crippen LogP contribution in [-0.2, 0) is 5.75 Å². The highest BCUT2D eigenvalue weighted by Gasteiger charge is 2.09. The summed E-state index contributed by atoms with van der Waals surface area (Å²) in [6, 6.07) is 5.83. The summed E-state index contributed by atoms with van der Waals surface area (Å²) < 4.78 is 10.8. The molecule has 2 aromatic rings. The first-order valence-electron chi connectivity index (χ1n) is 6.56. The van der Waals surface area contributed by atoms with Gasteiger partial charge in [0.05, 0.1) is 19.3 Å². The van der Waals surface area contributed by atoms with Crippen LogP contribution in [-0.4, -0.2) is 18.6 Å². The number of nitrogens with two attached hydrogens (primary N) is 1. The summed E-state index contributed by atoms with van der Waals surface area (Å²) in [4.78, 5) is 4.37. The topological polar surface area (TPSA) is 61.3 Å². The molecule has 5 heteroatoms. The Kier molecular flexibility index (Phi) is 5.32. The van der Waals surface area contributed by atoms with Crippen molar-refractivity contribution in [1.82, 2.24) is 4.98 Å². The van der Waals surface area contributed by atoms with Gasteiger partial charge in [-0.15, -0.1) is 0 Å². The molecule has 0 atom stereocenters. The Morgan fingerprint density at radius 3 is 2.81 bits per heavy atom. The van der Waals surface area contributed by atoms with Crippen LogP contribution < -0.4 is 10.5 Å². The van der Waals surface area contributed by atoms with Gasteiger partial charge in [0.2, 0.25) is 0 Å². The SMILES string of the molecule is COc1ccc(C#CCN)c(CSc2nc(C)c(C)o2)c1. The van der Waals surface area contributed by atoms with E-state index in [-0.39, 0.29) is 0 Å². The highest BCUT2D eigenvalue weighted by Crippen LogP contribution is 2.27. The van der Waals surface area contributed by atoms with Crippen molar-refractivity contribution in [2.45, 2.75) is 24.8 Å². The Bertz CT molecular complexity index is 664. The Labute approximate surface area is 129 Å². The van der Waals surface area contributed by atoms with Crippen molar-refractivity contribution in [2.75, 3.05) is 13.7 Å². The van der Waals surface area contributed by atoms with E-state index >= 15 is 0 Å². The number of ether oxygens (including phenoxy) is 1. The summed E-state index contributed by atoms with van der Waals surface area (Å²) in [6.45, 7) is 4.19. The molecule has 1 aromatic carbocycles. The van der Waals surface area contributed by atoms with E-state index in [0.717, 1.165) is 28.3 Å². The number of methoxy groups -OCH3 is 1. The van der Waals surface area contributed by atoms with Gasteiger partial charge in [-0.25, -0.2) is 4.98 Å². The van der Waals surface area contributed by atoms with Gasteiger partial charge < -0.3 is 14.9 Å². The van der Waals surface area contributed by atoms with Crippen LogP contribution in [0.25, 0.3) is 0 Å². The quantitative estimate of drug-likeness (QED) is 0.695. The van der Waals surface area contributed by atoms with E-state index in [1.165, 1.54) is 0 Å². The minimum atomic E-state index is 0.344. The Hall–Kier alpha value is -1.90. The number of thioether (sulfide) groups is 1. The van der Waals surface area contributed by atoms with Crippen LogP contribution >= 0.6 is 11.8 Å². The minimum Gasteiger partial charge on any atom is -0.497 e. The predicted molar refractivity (Wildman–Crippen MR) is 84.5 cm³/mol. The smallest absolute Gasteiger partial charge is 0.256 e. The van der Waals surface area contributed by atoms with Crippen molar-refractivity contribution >= 4 is 11.8 Å². The van der Waals surface area contributed by atoms with Crippen LogP contribution in [0.1, 0.15) is 22.6 Å². The lowest BCUT2D eigenvalue weighted by molar-refractivity contribution is 0.414. The number of rotatable bonds is 4. The van der Waals surface area contributed by atoms with E-state index in [0.29, 0.717) is 17.5 Å². The second-order valence-electron chi connectivity index (χ2n) is 4.44. The summed E-state index contributed by atoms with van der Waals surface area (Å²) in [5.74, 6) is 8.34. The molecule has 2 rings (SSSR count). The van der Waals surface area contributed by atoms with Gasteiger partial charge in [-0.05, 0) is 37.6 Å². The van der Waals surface area contributed by atoms with Gasteiger partial charge in [0.15, 0.2) is 0 Å². The maximum Gasteiger partial charge on any atom is 0.256 e. The summed E-state index contributed by atoms with van der Waals surface area (Å²) in [5.41, 5.74) is 8.39. The van der Waals surface area contributed by atoms with Crippen LogP contribution in [0.15, 0.2) is 27.8 Å². The van der Waals surface area contributed by atoms with Crippen molar-refractivity contribution in [1.29, 1.82) is 0 Å². The first kappa shape index (κ1) is 15.5. The molecule has 1 aromatic heterocycles. The van der Waals surface area contributed by atoms with Crippen molar-refractivity contribution in [2.24, 2.45) is 5.73 Å². The third-order valence-electron chi connectivity index (χ3n) is 3.00. The lowest BCUT2D eigenvalue weighted by Gasteiger charge is -2.06. The first-order chi connectivity index (χ1) is 10.1. The molecule has 0 fully saturated rings. The standard InChI is InChI=1S/C16H18N2O2S/c1-11-12(2)20-16(18-11)21-10-14-9-15(19-3)7-6-13(14)5-4-8-17/h6-7,9H,8,10,17H2,1-3H3. The van der Waals surface area contributed by atoms with Gasteiger partial charge in [-0.2, -0.15) is 0 Å². The number of hydrogen-bond donors (Lipinski definition) is 1. The molecule has 0 spiro atoms. The van der Waals surface area contributed by atoms with Gasteiger partial charge in [-0.3, -0.25) is 0 Å². The van der Waals surface area contributed by atoms with E-state index < -0.39 is 0 Å². The molecule has 0 amide bonds. The van der Waals surface area contributed by atoms with Crippen LogP contribution in [0.4, 0.5) is 0 Å². The molecular weight excluding hydrogens is 284 g/mol. The monoisotopic (exact) mass is 302 g/mol. The number of benzene rings is 1. The molecule has 0 saturated carbocycles. The van der Waals surface area contributed by atoms with Crippen LogP contribution in [0.5, 0.6) is 5.75 Å². The maximum absolute atomic E-state index is 5.58. The van der Waals surface area contributed by atoms with Crippen molar-refractivity contribution in [3.8, 4) is 17.6 Å². The Balaban J connectivity index is 2.20. The predicted octanol–water partition coefficient (Wildman–Crippen LogP) is 2.90. The second kappa shape index (κ2) is 7.21. The second-order valence-corrected chi connectivity index (χ2v) is 5.37. The highest BCUT2D eigenvalue weighted by atomic mass is 32.2. The largest absolute Gasteiger partial charge is 0.497 e. The number of hydrogen-bond acceptors (Lipinski definition) is 5. The Morgan fingerprint density at radius 2 is 2.19 bits per heavy atom. The lowest BCUT2D eigenvalue weighted by Crippen LogP contribution is -1.95. The lowest BCUT2D eigenvalue weighted by atomic mass is 10.1. The summed E-state index contributed by atoms with van der Waals surface area (Å²) in [6.07, 6.45) is 0. The number of oxazole rings is 1. The normalized spacial score (nSPS) is 10.1. The third-order valence-corrected chi connectivity index (χ3v) is 3.87. The average Bonchev–Trinajstić information content (AvgIpc) is 2.82. The molecule has 1 heterocycles. The maximum atomic E-state index is 5.58. The summed E-state index contributed by atoms with van der Waals surface area (Å²) >= 11 is 1.54. The van der Waals surface area contributed by atoms with E-state index in [9.17, 15) is 0 Å². The minimum absolute atomic E-state index is 0.344. The number of nitrogens with zero attached hydrogens (tertiary/aromatic N) is 1. The highest BCUT2D eigenvalue weighted by molar-refractivity contribution is 7.98. The van der Waals surface area contributed by atoms with E-state index in [1.807, 2.05) is 32.0 Å². The Morgan fingerprint density at radius 1 is 1.38 bits per heavy atom. The fourth-order valence-electron chi connectivity index (χ4n) is 1.73. The molecule has 0 aliphatic carbocycles. The zero-order valence-corrected chi connectivity index (χ0v) is 13.2. The molecule has 21 heavy (non-hydrogen) atoms. The van der Waals surface area contributed by atoms with Gasteiger partial charge in [0, 0.05) is 11.3 Å². The van der Waals surface area contributed by atoms with Crippen LogP contribution in [0, 0.1) is 25.7 Å². The van der Waals surface area contributed by atoms with Crippen LogP contribution in [0.3, 0.4) is 0 Å². The zero-order chi connectivity index (χ0) is 15.2. The fourth-order valence-corrected chi connectivity index (χ4v) is 2.63. The zero-order valence-electron chi connectivity index (χ0n) is 12.4. The third kappa shape index (κ3) is 4.03. The van der Waals surface area contributed by atoms with Gasteiger partial charge in [0.25, 0.3) is 5.22 Å². The molecule has 4 nitrogen and oxygen atoms in total. The van der Waals surface area contributed by atoms with Crippen molar-refractivity contribution in [3.05, 3.63) is 40.8 Å².